The van der Waals surface area contributed by atoms with Gasteiger partial charge in [0.1, 0.15) is 0 Å². The molecule has 1 heterocycles. The predicted molar refractivity (Wildman–Crippen MR) is 67.5 cm³/mol. The number of nitrogens with zero attached hydrogens (tertiary/aromatic N) is 3. The first-order valence-corrected chi connectivity index (χ1v) is 6.04. The molecule has 3 heteroatoms. The maximum Gasteiger partial charge on any atom is 0.0883 e. The number of rotatable bonds is 3. The van der Waals surface area contributed by atoms with Gasteiger partial charge in [-0.2, -0.15) is 0 Å². The second-order valence-electron chi connectivity index (χ2n) is 6.80. The molecular weight excluding hydrogens is 198 g/mol. The normalized spacial score (nSPS) is 13.5. The van der Waals surface area contributed by atoms with Crippen molar-refractivity contribution in [2.45, 2.75) is 66.3 Å². The van der Waals surface area contributed by atoms with Crippen molar-refractivity contribution in [3.63, 3.8) is 0 Å². The molecule has 0 bridgehead atoms. The van der Waals surface area contributed by atoms with Gasteiger partial charge in [0.15, 0.2) is 0 Å². The minimum atomic E-state index is 0.0887. The standard InChI is InChI=1S/C13H25N3/c1-10(2)16-8-11(14-15-16)13(6,7)9-12(3,4)5/h8,10H,9H2,1-7H3. The number of hydrogen-bond donors (Lipinski definition) is 0. The van der Waals surface area contributed by atoms with Crippen LogP contribution in [0.1, 0.15) is 66.6 Å². The Kier molecular flexibility index (Phi) is 3.46. The maximum absolute atomic E-state index is 4.31. The van der Waals surface area contributed by atoms with Crippen molar-refractivity contribution >= 4 is 0 Å². The van der Waals surface area contributed by atoms with Crippen molar-refractivity contribution in [3.8, 4) is 0 Å². The largest absolute Gasteiger partial charge is 0.250 e. The number of aromatic nitrogens is 3. The molecule has 0 amide bonds. The van der Waals surface area contributed by atoms with Crippen LogP contribution in [-0.4, -0.2) is 15.0 Å². The Morgan fingerprint density at radius 2 is 1.75 bits per heavy atom. The van der Waals surface area contributed by atoms with Crippen molar-refractivity contribution in [1.29, 1.82) is 0 Å². The molecule has 1 aromatic heterocycles. The summed E-state index contributed by atoms with van der Waals surface area (Å²) in [5.41, 5.74) is 1.49. The van der Waals surface area contributed by atoms with Crippen LogP contribution in [0.5, 0.6) is 0 Å². The van der Waals surface area contributed by atoms with Gasteiger partial charge < -0.3 is 0 Å². The van der Waals surface area contributed by atoms with Crippen molar-refractivity contribution in [2.24, 2.45) is 5.41 Å². The fourth-order valence-corrected chi connectivity index (χ4v) is 2.26. The van der Waals surface area contributed by atoms with Crippen LogP contribution >= 0.6 is 0 Å². The Morgan fingerprint density at radius 3 is 2.12 bits per heavy atom. The Bertz CT molecular complexity index is 342. The summed E-state index contributed by atoms with van der Waals surface area (Å²) in [6, 6.07) is 0.381. The Labute approximate surface area is 99.2 Å². The summed E-state index contributed by atoms with van der Waals surface area (Å²) >= 11 is 0. The molecule has 92 valence electrons. The van der Waals surface area contributed by atoms with Crippen LogP contribution < -0.4 is 0 Å². The van der Waals surface area contributed by atoms with Gasteiger partial charge in [0, 0.05) is 17.7 Å². The maximum atomic E-state index is 4.31. The third kappa shape index (κ3) is 3.32. The van der Waals surface area contributed by atoms with Crippen LogP contribution in [0.3, 0.4) is 0 Å². The highest BCUT2D eigenvalue weighted by molar-refractivity contribution is 5.09. The van der Waals surface area contributed by atoms with E-state index in [1.165, 1.54) is 0 Å². The van der Waals surface area contributed by atoms with E-state index in [9.17, 15) is 0 Å². The predicted octanol–water partition coefficient (Wildman–Crippen LogP) is 3.57. The topological polar surface area (TPSA) is 30.7 Å². The van der Waals surface area contributed by atoms with Crippen LogP contribution in [0.15, 0.2) is 6.20 Å². The molecule has 0 saturated carbocycles. The minimum Gasteiger partial charge on any atom is -0.250 e. The zero-order chi connectivity index (χ0) is 12.6. The van der Waals surface area contributed by atoms with E-state index in [4.69, 9.17) is 0 Å². The van der Waals surface area contributed by atoms with Gasteiger partial charge in [0.25, 0.3) is 0 Å². The van der Waals surface area contributed by atoms with Crippen LogP contribution in [-0.2, 0) is 5.41 Å². The molecule has 0 aliphatic rings. The molecule has 1 rings (SSSR count). The first-order chi connectivity index (χ1) is 7.12. The van der Waals surface area contributed by atoms with E-state index >= 15 is 0 Å². The molecule has 0 atom stereocenters. The SMILES string of the molecule is CC(C)n1cc(C(C)(C)CC(C)(C)C)nn1. The van der Waals surface area contributed by atoms with E-state index in [1.807, 2.05) is 4.68 Å². The Balaban J connectivity index is 2.89. The molecule has 0 radical (unpaired) electrons. The summed E-state index contributed by atoms with van der Waals surface area (Å²) in [6.07, 6.45) is 3.19. The van der Waals surface area contributed by atoms with Crippen molar-refractivity contribution < 1.29 is 0 Å². The summed E-state index contributed by atoms with van der Waals surface area (Å²) in [5, 5.41) is 8.48. The lowest BCUT2D eigenvalue weighted by Gasteiger charge is -2.30. The van der Waals surface area contributed by atoms with Crippen LogP contribution in [0.2, 0.25) is 0 Å². The second-order valence-corrected chi connectivity index (χ2v) is 6.80. The minimum absolute atomic E-state index is 0.0887. The summed E-state index contributed by atoms with van der Waals surface area (Å²) in [6.45, 7) is 15.5. The molecule has 0 N–H and O–H groups in total. The third-order valence-electron chi connectivity index (χ3n) is 2.71. The fraction of sp³-hybridized carbons (Fsp3) is 0.846. The van der Waals surface area contributed by atoms with Gasteiger partial charge >= 0.3 is 0 Å². The average molecular weight is 223 g/mol. The average Bonchev–Trinajstić information content (AvgIpc) is 2.46. The lowest BCUT2D eigenvalue weighted by atomic mass is 9.74. The molecule has 0 aliphatic heterocycles. The van der Waals surface area contributed by atoms with Crippen LogP contribution in [0.25, 0.3) is 0 Å². The van der Waals surface area contributed by atoms with Gasteiger partial charge in [-0.05, 0) is 25.7 Å². The van der Waals surface area contributed by atoms with Crippen LogP contribution in [0, 0.1) is 5.41 Å². The smallest absolute Gasteiger partial charge is 0.0883 e. The zero-order valence-electron chi connectivity index (χ0n) is 11.7. The van der Waals surface area contributed by atoms with Gasteiger partial charge in [-0.15, -0.1) is 5.10 Å². The highest BCUT2D eigenvalue weighted by Gasteiger charge is 2.29. The van der Waals surface area contributed by atoms with Gasteiger partial charge in [-0.25, -0.2) is 4.68 Å². The van der Waals surface area contributed by atoms with E-state index < -0.39 is 0 Å². The van der Waals surface area contributed by atoms with E-state index in [1.54, 1.807) is 0 Å². The fourth-order valence-electron chi connectivity index (χ4n) is 2.26. The number of hydrogen-bond acceptors (Lipinski definition) is 2. The zero-order valence-corrected chi connectivity index (χ0v) is 11.7. The molecule has 0 aliphatic carbocycles. The quantitative estimate of drug-likeness (QED) is 0.784. The van der Waals surface area contributed by atoms with Crippen molar-refractivity contribution in [2.75, 3.05) is 0 Å². The van der Waals surface area contributed by atoms with E-state index in [0.717, 1.165) is 12.1 Å². The van der Waals surface area contributed by atoms with E-state index in [2.05, 4.69) is 65.0 Å². The molecule has 0 unspecified atom stereocenters. The van der Waals surface area contributed by atoms with Gasteiger partial charge in [0.05, 0.1) is 5.69 Å². The highest BCUT2D eigenvalue weighted by Crippen LogP contribution is 2.35. The van der Waals surface area contributed by atoms with Crippen molar-refractivity contribution in [3.05, 3.63) is 11.9 Å². The lowest BCUT2D eigenvalue weighted by molar-refractivity contribution is 0.279. The first-order valence-electron chi connectivity index (χ1n) is 6.04. The Hall–Kier alpha value is -0.860. The molecule has 16 heavy (non-hydrogen) atoms. The third-order valence-corrected chi connectivity index (χ3v) is 2.71. The Morgan fingerprint density at radius 1 is 1.19 bits per heavy atom. The van der Waals surface area contributed by atoms with Gasteiger partial charge in [-0.1, -0.05) is 39.8 Å². The molecule has 0 saturated heterocycles. The van der Waals surface area contributed by atoms with E-state index in [-0.39, 0.29) is 5.41 Å². The second kappa shape index (κ2) is 4.19. The van der Waals surface area contributed by atoms with Crippen LogP contribution in [0.4, 0.5) is 0 Å². The molecule has 0 fully saturated rings. The summed E-state index contributed by atoms with van der Waals surface area (Å²) in [5.74, 6) is 0. The van der Waals surface area contributed by atoms with Crippen molar-refractivity contribution in [1.82, 2.24) is 15.0 Å². The van der Waals surface area contributed by atoms with Gasteiger partial charge in [-0.3, -0.25) is 0 Å². The summed E-state index contributed by atoms with van der Waals surface area (Å²) in [7, 11) is 0. The molecule has 0 spiro atoms. The first kappa shape index (κ1) is 13.2. The molecule has 1 aromatic rings. The van der Waals surface area contributed by atoms with E-state index in [0.29, 0.717) is 11.5 Å². The molecule has 3 nitrogen and oxygen atoms in total. The monoisotopic (exact) mass is 223 g/mol. The lowest BCUT2D eigenvalue weighted by Crippen LogP contribution is -2.25. The molecular formula is C13H25N3. The van der Waals surface area contributed by atoms with Gasteiger partial charge in [0.2, 0.25) is 0 Å². The molecule has 0 aromatic carbocycles. The summed E-state index contributed by atoms with van der Waals surface area (Å²) < 4.78 is 1.93. The highest BCUT2D eigenvalue weighted by atomic mass is 15.4. The summed E-state index contributed by atoms with van der Waals surface area (Å²) in [4.78, 5) is 0.